The van der Waals surface area contributed by atoms with Crippen LogP contribution in [-0.2, 0) is 4.74 Å². The molecule has 1 fully saturated rings. The Kier molecular flexibility index (Phi) is 3.58. The summed E-state index contributed by atoms with van der Waals surface area (Å²) in [6, 6.07) is 3.11. The van der Waals surface area contributed by atoms with Gasteiger partial charge in [-0.15, -0.1) is 0 Å². The Balaban J connectivity index is 2.27. The molecule has 0 unspecified atom stereocenters. The summed E-state index contributed by atoms with van der Waals surface area (Å²) in [6.45, 7) is -0.398. The van der Waals surface area contributed by atoms with Crippen LogP contribution in [0.4, 0.5) is 0 Å². The first-order valence-corrected chi connectivity index (χ1v) is 5.47. The Hall–Kier alpha value is -1.54. The van der Waals surface area contributed by atoms with E-state index in [9.17, 15) is 15.0 Å². The predicted octanol–water partition coefficient (Wildman–Crippen LogP) is -2.32. The number of nitrogens with two attached hydrogens (primary N) is 1. The van der Waals surface area contributed by atoms with Crippen LogP contribution in [0.5, 0.6) is 0 Å². The van der Waals surface area contributed by atoms with Gasteiger partial charge in [0.2, 0.25) is 0 Å². The quantitative estimate of drug-likeness (QED) is 0.453. The van der Waals surface area contributed by atoms with Crippen LogP contribution in [0.15, 0.2) is 24.5 Å². The van der Waals surface area contributed by atoms with E-state index >= 15 is 0 Å². The highest BCUT2D eigenvalue weighted by molar-refractivity contribution is 5.92. The minimum absolute atomic E-state index is 0.259. The second kappa shape index (κ2) is 4.99. The summed E-state index contributed by atoms with van der Waals surface area (Å²) in [5.41, 5.74) is 5.41. The average molecular weight is 255 g/mol. The van der Waals surface area contributed by atoms with E-state index in [4.69, 9.17) is 15.6 Å². The van der Waals surface area contributed by atoms with Gasteiger partial charge in [-0.25, -0.2) is 0 Å². The monoisotopic (exact) mass is 255 g/mol. The van der Waals surface area contributed by atoms with Crippen molar-refractivity contribution in [1.29, 1.82) is 0 Å². The van der Waals surface area contributed by atoms with Crippen LogP contribution in [0.25, 0.3) is 0 Å². The van der Waals surface area contributed by atoms with Crippen LogP contribution >= 0.6 is 0 Å². The number of hydrogen-bond donors (Lipinski definition) is 4. The molecule has 1 aliphatic heterocycles. The van der Waals surface area contributed by atoms with Gasteiger partial charge < -0.3 is 25.8 Å². The zero-order valence-corrected chi connectivity index (χ0v) is 9.51. The Labute approximate surface area is 103 Å². The summed E-state index contributed by atoms with van der Waals surface area (Å²) >= 11 is 0. The van der Waals surface area contributed by atoms with Crippen LogP contribution in [0.2, 0.25) is 0 Å². The number of primary amides is 1. The smallest absolute Gasteiger partial charge is 0.292 e. The molecular weight excluding hydrogens is 240 g/mol. The number of carbonyl (C=O) groups is 1. The van der Waals surface area contributed by atoms with Crippen molar-refractivity contribution < 1.29 is 29.4 Å². The zero-order chi connectivity index (χ0) is 13.3. The molecule has 2 heterocycles. The van der Waals surface area contributed by atoms with Crippen molar-refractivity contribution in [1.82, 2.24) is 0 Å². The van der Waals surface area contributed by atoms with Crippen molar-refractivity contribution >= 4 is 5.91 Å². The summed E-state index contributed by atoms with van der Waals surface area (Å²) < 4.78 is 6.75. The molecule has 0 saturated carbocycles. The first-order chi connectivity index (χ1) is 8.54. The minimum atomic E-state index is -1.18. The number of ether oxygens (including phenoxy) is 1. The third-order valence-electron chi connectivity index (χ3n) is 2.92. The number of aliphatic hydroxyl groups excluding tert-OH is 3. The lowest BCUT2D eigenvalue weighted by Crippen LogP contribution is -2.46. The molecule has 0 radical (unpaired) electrons. The van der Waals surface area contributed by atoms with Crippen molar-refractivity contribution in [2.75, 3.05) is 6.61 Å². The number of carbonyl (C=O) groups excluding carboxylic acids is 1. The van der Waals surface area contributed by atoms with Gasteiger partial charge in [-0.3, -0.25) is 4.79 Å². The number of aromatic nitrogens is 1. The van der Waals surface area contributed by atoms with Gasteiger partial charge in [0.25, 0.3) is 12.1 Å². The molecule has 1 aliphatic rings. The standard InChI is InChI=1S/C11H14N2O5/c12-10(17)6-2-1-3-13(4-6)11-9(16)8(15)7(5-14)18-11/h1-4,7-9,11,14-16H,5H2,(H-,12,17)/p+1/t7-,8-,9-,11-/m0/s1. The van der Waals surface area contributed by atoms with Gasteiger partial charge in [0.15, 0.2) is 18.5 Å². The fourth-order valence-electron chi connectivity index (χ4n) is 1.92. The second-order valence-corrected chi connectivity index (χ2v) is 4.13. The molecule has 0 spiro atoms. The lowest BCUT2D eigenvalue weighted by molar-refractivity contribution is -0.765. The number of amides is 1. The molecule has 4 atom stereocenters. The van der Waals surface area contributed by atoms with E-state index in [-0.39, 0.29) is 5.56 Å². The largest absolute Gasteiger partial charge is 0.394 e. The average Bonchev–Trinajstić information content (AvgIpc) is 2.66. The maximum absolute atomic E-state index is 11.1. The summed E-state index contributed by atoms with van der Waals surface area (Å²) in [5, 5.41) is 28.4. The highest BCUT2D eigenvalue weighted by Gasteiger charge is 2.47. The van der Waals surface area contributed by atoms with E-state index < -0.39 is 37.1 Å². The molecule has 1 aromatic heterocycles. The summed E-state index contributed by atoms with van der Waals surface area (Å²) in [4.78, 5) is 11.1. The molecule has 5 N–H and O–H groups in total. The van der Waals surface area contributed by atoms with Gasteiger partial charge in [0.1, 0.15) is 17.8 Å². The number of aliphatic hydroxyl groups is 3. The number of pyridine rings is 1. The normalized spacial score (nSPS) is 31.5. The molecule has 18 heavy (non-hydrogen) atoms. The van der Waals surface area contributed by atoms with Gasteiger partial charge >= 0.3 is 0 Å². The van der Waals surface area contributed by atoms with Crippen molar-refractivity contribution in [2.24, 2.45) is 5.73 Å². The van der Waals surface area contributed by atoms with Crippen molar-refractivity contribution in [3.05, 3.63) is 30.1 Å². The van der Waals surface area contributed by atoms with Crippen molar-refractivity contribution in [3.63, 3.8) is 0 Å². The van der Waals surface area contributed by atoms with E-state index in [0.29, 0.717) is 0 Å². The fraction of sp³-hybridized carbons (Fsp3) is 0.455. The SMILES string of the molecule is NC(=O)c1ccc[n+]([C@H]2O[C@@H](CO)[C@H](O)[C@@H]2O)c1. The predicted molar refractivity (Wildman–Crippen MR) is 58.2 cm³/mol. The van der Waals surface area contributed by atoms with Crippen molar-refractivity contribution in [3.8, 4) is 0 Å². The van der Waals surface area contributed by atoms with Crippen LogP contribution < -0.4 is 10.3 Å². The molecule has 0 bridgehead atoms. The minimum Gasteiger partial charge on any atom is -0.394 e. The molecule has 0 aliphatic carbocycles. The molecule has 98 valence electrons. The Morgan fingerprint density at radius 1 is 1.44 bits per heavy atom. The third-order valence-corrected chi connectivity index (χ3v) is 2.92. The van der Waals surface area contributed by atoms with Gasteiger partial charge in [-0.2, -0.15) is 4.57 Å². The number of hydrogen-bond acceptors (Lipinski definition) is 5. The molecule has 1 amide bonds. The van der Waals surface area contributed by atoms with Gasteiger partial charge in [0, 0.05) is 6.07 Å². The van der Waals surface area contributed by atoms with Gasteiger partial charge in [-0.05, 0) is 6.07 Å². The topological polar surface area (TPSA) is 117 Å². The first kappa shape index (κ1) is 12.9. The first-order valence-electron chi connectivity index (χ1n) is 5.47. The maximum atomic E-state index is 11.1. The Bertz CT molecular complexity index is 453. The highest BCUT2D eigenvalue weighted by Crippen LogP contribution is 2.24. The maximum Gasteiger partial charge on any atom is 0.292 e. The number of nitrogens with zero attached hydrogens (tertiary/aromatic N) is 1. The molecule has 1 aromatic rings. The van der Waals surface area contributed by atoms with Gasteiger partial charge in [-0.1, -0.05) is 0 Å². The highest BCUT2D eigenvalue weighted by atomic mass is 16.6. The Morgan fingerprint density at radius 3 is 2.72 bits per heavy atom. The summed E-state index contributed by atoms with van der Waals surface area (Å²) in [7, 11) is 0. The summed E-state index contributed by atoms with van der Waals surface area (Å²) in [6.07, 6.45) is -1.08. The lowest BCUT2D eigenvalue weighted by atomic mass is 10.1. The van der Waals surface area contributed by atoms with Crippen LogP contribution in [0.3, 0.4) is 0 Å². The van der Waals surface area contributed by atoms with E-state index in [1.165, 1.54) is 16.8 Å². The molecule has 2 rings (SSSR count). The Morgan fingerprint density at radius 2 is 2.17 bits per heavy atom. The molecule has 7 nitrogen and oxygen atoms in total. The van der Waals surface area contributed by atoms with Crippen molar-refractivity contribution in [2.45, 2.75) is 24.5 Å². The van der Waals surface area contributed by atoms with Crippen LogP contribution in [0.1, 0.15) is 16.6 Å². The second-order valence-electron chi connectivity index (χ2n) is 4.13. The van der Waals surface area contributed by atoms with Crippen LogP contribution in [-0.4, -0.2) is 46.1 Å². The van der Waals surface area contributed by atoms with E-state index in [2.05, 4.69) is 0 Å². The third kappa shape index (κ3) is 2.21. The van der Waals surface area contributed by atoms with E-state index in [0.717, 1.165) is 0 Å². The summed E-state index contributed by atoms with van der Waals surface area (Å²) in [5.74, 6) is -0.601. The lowest BCUT2D eigenvalue weighted by Gasteiger charge is -2.09. The number of rotatable bonds is 3. The van der Waals surface area contributed by atoms with E-state index in [1.807, 2.05) is 0 Å². The zero-order valence-electron chi connectivity index (χ0n) is 9.51. The van der Waals surface area contributed by atoms with Crippen LogP contribution in [0, 0.1) is 0 Å². The van der Waals surface area contributed by atoms with E-state index in [1.54, 1.807) is 12.3 Å². The van der Waals surface area contributed by atoms with Gasteiger partial charge in [0.05, 0.1) is 6.61 Å². The molecule has 1 saturated heterocycles. The molecule has 0 aromatic carbocycles. The molecular formula is C11H15N2O5+. The fourth-order valence-corrected chi connectivity index (χ4v) is 1.92. The molecule has 7 heteroatoms.